The Morgan fingerprint density at radius 2 is 2.07 bits per heavy atom. The van der Waals surface area contributed by atoms with Crippen molar-refractivity contribution in [2.45, 2.75) is 25.8 Å². The number of hydrogen-bond acceptors (Lipinski definition) is 6. The summed E-state index contributed by atoms with van der Waals surface area (Å²) in [6, 6.07) is 5.51. The van der Waals surface area contributed by atoms with E-state index in [4.69, 9.17) is 4.74 Å². The second-order valence-corrected chi connectivity index (χ2v) is 6.46. The summed E-state index contributed by atoms with van der Waals surface area (Å²) in [5.74, 6) is 0.0850. The molecular weight excluding hydrogens is 351 g/mol. The molecule has 1 amide bonds. The number of aryl methyl sites for hydroxylation is 1. The van der Waals surface area contributed by atoms with Crippen molar-refractivity contribution in [2.75, 3.05) is 40.4 Å². The number of nitrogens with zero attached hydrogens (tertiary/aromatic N) is 5. The maximum atomic E-state index is 13.1. The van der Waals surface area contributed by atoms with Crippen LogP contribution in [0.15, 0.2) is 24.3 Å². The van der Waals surface area contributed by atoms with Crippen LogP contribution in [0.2, 0.25) is 0 Å². The number of aromatic nitrogens is 4. The van der Waals surface area contributed by atoms with E-state index in [1.54, 1.807) is 26.2 Å². The highest BCUT2D eigenvalue weighted by atomic mass is 19.1. The lowest BCUT2D eigenvalue weighted by atomic mass is 10.1. The van der Waals surface area contributed by atoms with Gasteiger partial charge in [-0.15, -0.1) is 5.10 Å². The van der Waals surface area contributed by atoms with Gasteiger partial charge in [0.1, 0.15) is 17.7 Å². The maximum Gasteiger partial charge on any atom is 0.245 e. The van der Waals surface area contributed by atoms with Crippen LogP contribution in [0.4, 0.5) is 4.39 Å². The van der Waals surface area contributed by atoms with E-state index >= 15 is 0 Å². The van der Waals surface area contributed by atoms with Crippen molar-refractivity contribution < 1.29 is 13.9 Å². The topological polar surface area (TPSA) is 85.2 Å². The third kappa shape index (κ3) is 6.69. The van der Waals surface area contributed by atoms with Gasteiger partial charge in [-0.3, -0.25) is 4.79 Å². The zero-order chi connectivity index (χ0) is 19.6. The first-order valence-corrected chi connectivity index (χ1v) is 8.95. The van der Waals surface area contributed by atoms with Crippen LogP contribution in [0.3, 0.4) is 0 Å². The monoisotopic (exact) mass is 378 g/mol. The van der Waals surface area contributed by atoms with Gasteiger partial charge in [-0.05, 0) is 55.1 Å². The number of halogens is 1. The van der Waals surface area contributed by atoms with Gasteiger partial charge in [0.15, 0.2) is 0 Å². The molecule has 0 saturated heterocycles. The van der Waals surface area contributed by atoms with Crippen LogP contribution in [0.1, 0.15) is 23.9 Å². The van der Waals surface area contributed by atoms with Crippen molar-refractivity contribution in [1.29, 1.82) is 0 Å². The largest absolute Gasteiger partial charge is 0.383 e. The number of carbonyl (C=O) groups excluding carboxylic acids is 1. The maximum absolute atomic E-state index is 13.1. The quantitative estimate of drug-likeness (QED) is 0.587. The molecule has 1 N–H and O–H groups in total. The Labute approximate surface area is 158 Å². The van der Waals surface area contributed by atoms with Crippen molar-refractivity contribution in [1.82, 2.24) is 30.4 Å². The van der Waals surface area contributed by atoms with Crippen LogP contribution in [0.5, 0.6) is 0 Å². The lowest BCUT2D eigenvalue weighted by Gasteiger charge is -2.19. The first kappa shape index (κ1) is 20.9. The van der Waals surface area contributed by atoms with Gasteiger partial charge in [0.05, 0.1) is 6.61 Å². The molecule has 0 aliphatic heterocycles. The summed E-state index contributed by atoms with van der Waals surface area (Å²) in [6.45, 7) is 4.69. The molecule has 1 aromatic carbocycles. The summed E-state index contributed by atoms with van der Waals surface area (Å²) in [5, 5.41) is 14.4. The number of tetrazole rings is 1. The zero-order valence-corrected chi connectivity index (χ0v) is 16.1. The minimum absolute atomic E-state index is 0.158. The Balaban J connectivity index is 1.93. The SMILES string of the molecule is COCCN(C)CCCNC(=O)[C@H](Cc1ccc(F)cc1)n1nnnc1C. The normalized spacial score (nSPS) is 12.3. The van der Waals surface area contributed by atoms with Gasteiger partial charge in [-0.2, -0.15) is 0 Å². The lowest BCUT2D eigenvalue weighted by Crippen LogP contribution is -2.36. The van der Waals surface area contributed by atoms with Gasteiger partial charge in [-0.1, -0.05) is 12.1 Å². The van der Waals surface area contributed by atoms with E-state index in [2.05, 4.69) is 25.7 Å². The van der Waals surface area contributed by atoms with E-state index in [0.29, 0.717) is 25.4 Å². The zero-order valence-electron chi connectivity index (χ0n) is 16.1. The van der Waals surface area contributed by atoms with Gasteiger partial charge in [-0.25, -0.2) is 9.07 Å². The second-order valence-electron chi connectivity index (χ2n) is 6.46. The molecule has 148 valence electrons. The van der Waals surface area contributed by atoms with Gasteiger partial charge in [0.25, 0.3) is 0 Å². The number of methoxy groups -OCH3 is 1. The summed E-state index contributed by atoms with van der Waals surface area (Å²) >= 11 is 0. The third-order valence-electron chi connectivity index (χ3n) is 4.29. The molecule has 0 unspecified atom stereocenters. The van der Waals surface area contributed by atoms with Gasteiger partial charge in [0.2, 0.25) is 5.91 Å². The average molecular weight is 378 g/mol. The van der Waals surface area contributed by atoms with Gasteiger partial charge >= 0.3 is 0 Å². The smallest absolute Gasteiger partial charge is 0.245 e. The number of amides is 1. The average Bonchev–Trinajstić information content (AvgIpc) is 3.08. The predicted molar refractivity (Wildman–Crippen MR) is 98.7 cm³/mol. The van der Waals surface area contributed by atoms with Crippen LogP contribution in [-0.2, 0) is 16.0 Å². The molecule has 2 rings (SSSR count). The van der Waals surface area contributed by atoms with Crippen molar-refractivity contribution >= 4 is 5.91 Å². The summed E-state index contributed by atoms with van der Waals surface area (Å²) in [5.41, 5.74) is 0.839. The predicted octanol–water partition coefficient (Wildman–Crippen LogP) is 0.989. The molecule has 1 heterocycles. The van der Waals surface area contributed by atoms with E-state index < -0.39 is 6.04 Å². The molecule has 0 bridgehead atoms. The first-order valence-electron chi connectivity index (χ1n) is 8.95. The van der Waals surface area contributed by atoms with Crippen molar-refractivity contribution in [3.8, 4) is 0 Å². The Bertz CT molecular complexity index is 706. The highest BCUT2D eigenvalue weighted by molar-refractivity contribution is 5.80. The standard InChI is InChI=1S/C18H27FN6O2/c1-14-21-22-23-25(14)17(13-15-5-7-16(19)8-6-15)18(26)20-9-4-10-24(2)11-12-27-3/h5-8,17H,4,9-13H2,1-3H3,(H,20,26)/t17-/m0/s1. The number of nitrogens with one attached hydrogen (secondary N) is 1. The molecule has 0 fully saturated rings. The van der Waals surface area contributed by atoms with Crippen LogP contribution in [-0.4, -0.2) is 71.4 Å². The molecule has 0 aliphatic carbocycles. The van der Waals surface area contributed by atoms with E-state index in [0.717, 1.165) is 25.1 Å². The fraction of sp³-hybridized carbons (Fsp3) is 0.556. The van der Waals surface area contributed by atoms with Crippen LogP contribution in [0, 0.1) is 12.7 Å². The fourth-order valence-electron chi connectivity index (χ4n) is 2.70. The van der Waals surface area contributed by atoms with Crippen molar-refractivity contribution in [2.24, 2.45) is 0 Å². The van der Waals surface area contributed by atoms with Crippen LogP contribution >= 0.6 is 0 Å². The van der Waals surface area contributed by atoms with E-state index in [1.165, 1.54) is 16.8 Å². The Morgan fingerprint density at radius 1 is 1.33 bits per heavy atom. The number of carbonyl (C=O) groups is 1. The molecule has 27 heavy (non-hydrogen) atoms. The summed E-state index contributed by atoms with van der Waals surface area (Å²) in [4.78, 5) is 14.9. The molecule has 0 radical (unpaired) electrons. The minimum atomic E-state index is -0.586. The first-order chi connectivity index (χ1) is 13.0. The van der Waals surface area contributed by atoms with Gasteiger partial charge in [0, 0.05) is 26.6 Å². The molecule has 9 heteroatoms. The molecule has 0 spiro atoms. The molecule has 0 saturated carbocycles. The van der Waals surface area contributed by atoms with Crippen molar-refractivity contribution in [3.63, 3.8) is 0 Å². The van der Waals surface area contributed by atoms with E-state index in [1.807, 2.05) is 7.05 Å². The molecule has 1 aromatic heterocycles. The number of hydrogen-bond donors (Lipinski definition) is 1. The molecular formula is C18H27FN6O2. The van der Waals surface area contributed by atoms with Gasteiger partial charge < -0.3 is 15.0 Å². The van der Waals surface area contributed by atoms with Crippen LogP contribution < -0.4 is 5.32 Å². The number of benzene rings is 1. The fourth-order valence-corrected chi connectivity index (χ4v) is 2.70. The molecule has 8 nitrogen and oxygen atoms in total. The number of rotatable bonds is 11. The Morgan fingerprint density at radius 3 is 2.70 bits per heavy atom. The summed E-state index contributed by atoms with van der Waals surface area (Å²) < 4.78 is 19.7. The lowest BCUT2D eigenvalue weighted by molar-refractivity contribution is -0.124. The van der Waals surface area contributed by atoms with E-state index in [-0.39, 0.29) is 11.7 Å². The third-order valence-corrected chi connectivity index (χ3v) is 4.29. The minimum Gasteiger partial charge on any atom is -0.383 e. The number of ether oxygens (including phenoxy) is 1. The molecule has 2 aromatic rings. The summed E-state index contributed by atoms with van der Waals surface area (Å²) in [7, 11) is 3.69. The van der Waals surface area contributed by atoms with E-state index in [9.17, 15) is 9.18 Å². The van der Waals surface area contributed by atoms with Crippen LogP contribution in [0.25, 0.3) is 0 Å². The highest BCUT2D eigenvalue weighted by Crippen LogP contribution is 2.15. The number of likely N-dealkylation sites (N-methyl/N-ethyl adjacent to an activating group) is 1. The summed E-state index contributed by atoms with van der Waals surface area (Å²) in [6.07, 6.45) is 1.20. The highest BCUT2D eigenvalue weighted by Gasteiger charge is 2.24. The molecule has 0 aliphatic rings. The van der Waals surface area contributed by atoms with Crippen molar-refractivity contribution in [3.05, 3.63) is 41.5 Å². The Kier molecular flexibility index (Phi) is 8.28. The second kappa shape index (κ2) is 10.7. The Hall–Kier alpha value is -2.39. The molecule has 1 atom stereocenters.